The van der Waals surface area contributed by atoms with Crippen molar-refractivity contribution >= 4 is 29.9 Å². The standard InChI is InChI=1S/C23H44N4O2.HI/c1-19-8-7-12-23(16-19,26(3)4)18-25-22(24-2)27-13-10-20(11-14-27)29-17-21-9-5-6-15-28-21;/h19-21H,5-18H2,1-4H3,(H,24,25);1H. The highest BCUT2D eigenvalue weighted by Crippen LogP contribution is 2.35. The highest BCUT2D eigenvalue weighted by Gasteiger charge is 2.37. The third-order valence-electron chi connectivity index (χ3n) is 7.34. The monoisotopic (exact) mass is 536 g/mol. The van der Waals surface area contributed by atoms with Gasteiger partial charge in [0, 0.05) is 38.8 Å². The second-order valence-corrected chi connectivity index (χ2v) is 9.73. The average molecular weight is 537 g/mol. The van der Waals surface area contributed by atoms with Gasteiger partial charge in [-0.25, -0.2) is 0 Å². The minimum Gasteiger partial charge on any atom is -0.376 e. The Morgan fingerprint density at radius 2 is 1.93 bits per heavy atom. The van der Waals surface area contributed by atoms with Gasteiger partial charge in [-0.15, -0.1) is 24.0 Å². The van der Waals surface area contributed by atoms with E-state index >= 15 is 0 Å². The predicted molar refractivity (Wildman–Crippen MR) is 135 cm³/mol. The Hall–Kier alpha value is -0.120. The number of ether oxygens (including phenoxy) is 2. The van der Waals surface area contributed by atoms with E-state index in [4.69, 9.17) is 9.47 Å². The SMILES string of the molecule is CN=C(NCC1(N(C)C)CCCC(C)C1)N1CCC(OCC2CCCCO2)CC1.I. The Morgan fingerprint density at radius 1 is 1.17 bits per heavy atom. The maximum atomic E-state index is 6.18. The van der Waals surface area contributed by atoms with Gasteiger partial charge in [-0.3, -0.25) is 4.99 Å². The molecule has 1 aliphatic carbocycles. The molecular formula is C23H45IN4O2. The first-order valence-corrected chi connectivity index (χ1v) is 11.9. The molecule has 3 unspecified atom stereocenters. The van der Waals surface area contributed by atoms with Crippen molar-refractivity contribution < 1.29 is 9.47 Å². The number of likely N-dealkylation sites (tertiary alicyclic amines) is 1. The van der Waals surface area contributed by atoms with Gasteiger partial charge in [0.2, 0.25) is 0 Å². The molecule has 0 aromatic carbocycles. The summed E-state index contributed by atoms with van der Waals surface area (Å²) in [4.78, 5) is 9.45. The second-order valence-electron chi connectivity index (χ2n) is 9.73. The summed E-state index contributed by atoms with van der Waals surface area (Å²) in [5.41, 5.74) is 0.245. The fourth-order valence-electron chi connectivity index (χ4n) is 5.35. The van der Waals surface area contributed by atoms with Crippen LogP contribution in [0.2, 0.25) is 0 Å². The van der Waals surface area contributed by atoms with E-state index in [1.807, 2.05) is 7.05 Å². The summed E-state index contributed by atoms with van der Waals surface area (Å²) in [6, 6.07) is 0. The lowest BCUT2D eigenvalue weighted by molar-refractivity contribution is -0.0721. The molecule has 176 valence electrons. The molecule has 0 spiro atoms. The van der Waals surface area contributed by atoms with Gasteiger partial charge in [0.25, 0.3) is 0 Å². The van der Waals surface area contributed by atoms with Crippen molar-refractivity contribution in [2.75, 3.05) is 54.0 Å². The van der Waals surface area contributed by atoms with E-state index in [9.17, 15) is 0 Å². The van der Waals surface area contributed by atoms with Gasteiger partial charge in [0.1, 0.15) is 0 Å². The first-order valence-electron chi connectivity index (χ1n) is 11.9. The van der Waals surface area contributed by atoms with Crippen molar-refractivity contribution in [1.29, 1.82) is 0 Å². The van der Waals surface area contributed by atoms with Gasteiger partial charge in [-0.05, 0) is 65.0 Å². The van der Waals surface area contributed by atoms with E-state index < -0.39 is 0 Å². The number of piperidine rings is 1. The van der Waals surface area contributed by atoms with Crippen LogP contribution in [0.1, 0.15) is 64.7 Å². The molecule has 2 aliphatic heterocycles. The van der Waals surface area contributed by atoms with Crippen molar-refractivity contribution in [2.45, 2.75) is 82.5 Å². The summed E-state index contributed by atoms with van der Waals surface area (Å²) < 4.78 is 12.0. The molecule has 0 bridgehead atoms. The lowest BCUT2D eigenvalue weighted by atomic mass is 9.75. The van der Waals surface area contributed by atoms with Crippen LogP contribution in [0.25, 0.3) is 0 Å². The molecule has 1 N–H and O–H groups in total. The molecule has 3 rings (SSSR count). The molecular weight excluding hydrogens is 491 g/mol. The van der Waals surface area contributed by atoms with E-state index in [0.717, 1.165) is 64.0 Å². The van der Waals surface area contributed by atoms with Crippen molar-refractivity contribution in [2.24, 2.45) is 10.9 Å². The number of hydrogen-bond acceptors (Lipinski definition) is 4. The molecule has 3 fully saturated rings. The predicted octanol–water partition coefficient (Wildman–Crippen LogP) is 3.74. The van der Waals surface area contributed by atoms with Gasteiger partial charge in [0.15, 0.2) is 5.96 Å². The number of aliphatic imine (C=N–C) groups is 1. The molecule has 3 atom stereocenters. The number of guanidine groups is 1. The zero-order valence-electron chi connectivity index (χ0n) is 19.7. The Kier molecular flexibility index (Phi) is 11.1. The minimum absolute atomic E-state index is 0. The molecule has 7 heteroatoms. The Balaban J connectivity index is 0.00000320. The van der Waals surface area contributed by atoms with Crippen LogP contribution in [0, 0.1) is 5.92 Å². The zero-order valence-corrected chi connectivity index (χ0v) is 22.0. The molecule has 1 saturated carbocycles. The van der Waals surface area contributed by atoms with E-state index in [-0.39, 0.29) is 29.5 Å². The average Bonchev–Trinajstić information content (AvgIpc) is 2.74. The number of halogens is 1. The maximum absolute atomic E-state index is 6.18. The number of rotatable bonds is 6. The number of likely N-dealkylation sites (N-methyl/N-ethyl adjacent to an activating group) is 1. The van der Waals surface area contributed by atoms with Crippen molar-refractivity contribution in [3.8, 4) is 0 Å². The molecule has 3 aliphatic rings. The first kappa shape index (κ1) is 26.1. The summed E-state index contributed by atoms with van der Waals surface area (Å²) in [6.07, 6.45) is 11.7. The fraction of sp³-hybridized carbons (Fsp3) is 0.957. The van der Waals surface area contributed by atoms with Gasteiger partial charge < -0.3 is 24.6 Å². The molecule has 0 aromatic rings. The zero-order chi connectivity index (χ0) is 20.7. The summed E-state index contributed by atoms with van der Waals surface area (Å²) in [5.74, 6) is 1.86. The Labute approximate surface area is 201 Å². The Bertz CT molecular complexity index is 519. The van der Waals surface area contributed by atoms with Crippen molar-refractivity contribution in [1.82, 2.24) is 15.1 Å². The molecule has 30 heavy (non-hydrogen) atoms. The van der Waals surface area contributed by atoms with Crippen LogP contribution >= 0.6 is 24.0 Å². The van der Waals surface area contributed by atoms with Crippen molar-refractivity contribution in [3.63, 3.8) is 0 Å². The lowest BCUT2D eigenvalue weighted by Crippen LogP contribution is -2.57. The number of nitrogens with one attached hydrogen (secondary N) is 1. The van der Waals surface area contributed by atoms with Crippen LogP contribution in [-0.2, 0) is 9.47 Å². The second kappa shape index (κ2) is 12.8. The number of nitrogens with zero attached hydrogens (tertiary/aromatic N) is 3. The minimum atomic E-state index is 0. The normalized spacial score (nSPS) is 31.5. The summed E-state index contributed by atoms with van der Waals surface area (Å²) in [6.45, 7) is 7.08. The Morgan fingerprint density at radius 3 is 2.53 bits per heavy atom. The molecule has 6 nitrogen and oxygen atoms in total. The van der Waals surface area contributed by atoms with Crippen LogP contribution in [-0.4, -0.2) is 87.5 Å². The van der Waals surface area contributed by atoms with Gasteiger partial charge >= 0.3 is 0 Å². The van der Waals surface area contributed by atoms with Crippen LogP contribution in [0.3, 0.4) is 0 Å². The summed E-state index contributed by atoms with van der Waals surface area (Å²) >= 11 is 0. The first-order chi connectivity index (χ1) is 14.0. The smallest absolute Gasteiger partial charge is 0.193 e. The van der Waals surface area contributed by atoms with E-state index in [0.29, 0.717) is 12.2 Å². The van der Waals surface area contributed by atoms with Crippen LogP contribution in [0.5, 0.6) is 0 Å². The van der Waals surface area contributed by atoms with Gasteiger partial charge in [-0.2, -0.15) is 0 Å². The molecule has 0 radical (unpaired) electrons. The molecule has 0 amide bonds. The van der Waals surface area contributed by atoms with E-state index in [1.54, 1.807) is 0 Å². The summed E-state index contributed by atoms with van der Waals surface area (Å²) in [7, 11) is 6.39. The molecule has 2 heterocycles. The van der Waals surface area contributed by atoms with E-state index in [2.05, 4.69) is 41.1 Å². The third-order valence-corrected chi connectivity index (χ3v) is 7.34. The van der Waals surface area contributed by atoms with Crippen LogP contribution in [0.15, 0.2) is 4.99 Å². The third kappa shape index (κ3) is 7.20. The topological polar surface area (TPSA) is 49.3 Å². The summed E-state index contributed by atoms with van der Waals surface area (Å²) in [5, 5.41) is 3.72. The van der Waals surface area contributed by atoms with Crippen molar-refractivity contribution in [3.05, 3.63) is 0 Å². The van der Waals surface area contributed by atoms with Gasteiger partial charge in [-0.1, -0.05) is 19.8 Å². The molecule has 2 saturated heterocycles. The number of hydrogen-bond donors (Lipinski definition) is 1. The maximum Gasteiger partial charge on any atom is 0.193 e. The lowest BCUT2D eigenvalue weighted by Gasteiger charge is -2.46. The highest BCUT2D eigenvalue weighted by molar-refractivity contribution is 14.0. The van der Waals surface area contributed by atoms with Crippen LogP contribution in [0.4, 0.5) is 0 Å². The highest BCUT2D eigenvalue weighted by atomic mass is 127. The van der Waals surface area contributed by atoms with Gasteiger partial charge in [0.05, 0.1) is 18.8 Å². The molecule has 0 aromatic heterocycles. The fourth-order valence-corrected chi connectivity index (χ4v) is 5.35. The largest absolute Gasteiger partial charge is 0.376 e. The quantitative estimate of drug-likeness (QED) is 0.319. The van der Waals surface area contributed by atoms with E-state index in [1.165, 1.54) is 38.5 Å². The van der Waals surface area contributed by atoms with Crippen LogP contribution < -0.4 is 5.32 Å².